The lowest BCUT2D eigenvalue weighted by molar-refractivity contribution is 0.250. The van der Waals surface area contributed by atoms with Gasteiger partial charge in [-0.2, -0.15) is 0 Å². The summed E-state index contributed by atoms with van der Waals surface area (Å²) in [5, 5.41) is 0.830. The molecule has 0 aliphatic carbocycles. The molecule has 2 aromatic carbocycles. The minimum absolute atomic E-state index is 0.397. The molecule has 4 rings (SSSR count). The third-order valence-electron chi connectivity index (χ3n) is 5.20. The van der Waals surface area contributed by atoms with Crippen LogP contribution in [0.5, 0.6) is 11.5 Å². The van der Waals surface area contributed by atoms with Gasteiger partial charge in [-0.15, -0.1) is 0 Å². The molecule has 3 aromatic rings. The summed E-state index contributed by atoms with van der Waals surface area (Å²) in [5.74, 6) is 1.43. The Morgan fingerprint density at radius 1 is 0.929 bits per heavy atom. The van der Waals surface area contributed by atoms with Crippen molar-refractivity contribution in [3.05, 3.63) is 64.5 Å². The molecule has 0 spiro atoms. The number of anilines is 1. The first-order chi connectivity index (χ1) is 13.7. The van der Waals surface area contributed by atoms with Crippen molar-refractivity contribution >= 4 is 16.7 Å². The van der Waals surface area contributed by atoms with E-state index >= 15 is 0 Å². The fourth-order valence-electron chi connectivity index (χ4n) is 3.66. The minimum atomic E-state index is -0.397. The Hall–Kier alpha value is -2.99. The van der Waals surface area contributed by atoms with Crippen molar-refractivity contribution in [3.63, 3.8) is 0 Å². The third-order valence-corrected chi connectivity index (χ3v) is 5.20. The fraction of sp³-hybridized carbons (Fsp3) is 0.318. The van der Waals surface area contributed by atoms with E-state index in [-0.39, 0.29) is 0 Å². The van der Waals surface area contributed by atoms with Gasteiger partial charge in [-0.3, -0.25) is 4.90 Å². The van der Waals surface area contributed by atoms with Gasteiger partial charge >= 0.3 is 5.63 Å². The number of hydrogen-bond donors (Lipinski definition) is 0. The Bertz CT molecular complexity index is 1010. The molecule has 1 aromatic heterocycles. The summed E-state index contributed by atoms with van der Waals surface area (Å²) < 4.78 is 15.8. The van der Waals surface area contributed by atoms with Crippen molar-refractivity contribution in [3.8, 4) is 11.5 Å². The van der Waals surface area contributed by atoms with Gasteiger partial charge in [0, 0.05) is 38.4 Å². The van der Waals surface area contributed by atoms with E-state index in [1.807, 2.05) is 30.3 Å². The van der Waals surface area contributed by atoms with Crippen LogP contribution in [0.25, 0.3) is 11.0 Å². The van der Waals surface area contributed by atoms with Crippen LogP contribution in [-0.4, -0.2) is 45.3 Å². The normalized spacial score (nSPS) is 15.0. The predicted molar refractivity (Wildman–Crippen MR) is 110 cm³/mol. The van der Waals surface area contributed by atoms with Crippen molar-refractivity contribution < 1.29 is 13.9 Å². The maximum atomic E-state index is 11.6. The van der Waals surface area contributed by atoms with Crippen LogP contribution in [0.15, 0.2) is 57.7 Å². The SMILES string of the molecule is COc1ccc(N2CCN(Cc3ccc4oc(=O)cc(OC)c4c3)CC2)cc1. The highest BCUT2D eigenvalue weighted by Crippen LogP contribution is 2.26. The van der Waals surface area contributed by atoms with E-state index in [0.717, 1.165) is 43.9 Å². The number of methoxy groups -OCH3 is 2. The summed E-state index contributed by atoms with van der Waals surface area (Å²) in [4.78, 5) is 16.4. The lowest BCUT2D eigenvalue weighted by atomic mass is 10.1. The van der Waals surface area contributed by atoms with E-state index in [9.17, 15) is 4.79 Å². The monoisotopic (exact) mass is 380 g/mol. The topological polar surface area (TPSA) is 55.2 Å². The van der Waals surface area contributed by atoms with Gasteiger partial charge in [0.15, 0.2) is 0 Å². The molecule has 6 heteroatoms. The Balaban J connectivity index is 1.43. The number of benzene rings is 2. The summed E-state index contributed by atoms with van der Waals surface area (Å²) in [6.45, 7) is 4.81. The van der Waals surface area contributed by atoms with Crippen LogP contribution in [-0.2, 0) is 6.54 Å². The molecule has 0 atom stereocenters. The van der Waals surface area contributed by atoms with E-state index in [0.29, 0.717) is 11.3 Å². The van der Waals surface area contributed by atoms with Crippen molar-refractivity contribution in [1.82, 2.24) is 4.90 Å². The Kier molecular flexibility index (Phi) is 5.21. The Morgan fingerprint density at radius 2 is 1.68 bits per heavy atom. The summed E-state index contributed by atoms with van der Waals surface area (Å²) >= 11 is 0. The summed E-state index contributed by atoms with van der Waals surface area (Å²) in [6, 6.07) is 15.5. The molecule has 6 nitrogen and oxygen atoms in total. The van der Waals surface area contributed by atoms with Gasteiger partial charge in [0.25, 0.3) is 0 Å². The van der Waals surface area contributed by atoms with Crippen molar-refractivity contribution in [1.29, 1.82) is 0 Å². The van der Waals surface area contributed by atoms with Crippen LogP contribution >= 0.6 is 0 Å². The molecule has 1 aliphatic heterocycles. The van der Waals surface area contributed by atoms with E-state index in [2.05, 4.69) is 21.9 Å². The van der Waals surface area contributed by atoms with Crippen LogP contribution in [0.1, 0.15) is 5.56 Å². The molecular weight excluding hydrogens is 356 g/mol. The lowest BCUT2D eigenvalue weighted by Gasteiger charge is -2.36. The molecule has 0 saturated carbocycles. The predicted octanol–water partition coefficient (Wildman–Crippen LogP) is 3.13. The number of rotatable bonds is 5. The van der Waals surface area contributed by atoms with Crippen LogP contribution in [0.4, 0.5) is 5.69 Å². The number of ether oxygens (including phenoxy) is 2. The second-order valence-corrected chi connectivity index (χ2v) is 6.93. The average Bonchev–Trinajstić information content (AvgIpc) is 2.74. The van der Waals surface area contributed by atoms with Crippen LogP contribution in [0.2, 0.25) is 0 Å². The first-order valence-electron chi connectivity index (χ1n) is 9.38. The van der Waals surface area contributed by atoms with E-state index in [4.69, 9.17) is 13.9 Å². The molecule has 28 heavy (non-hydrogen) atoms. The lowest BCUT2D eigenvalue weighted by Crippen LogP contribution is -2.45. The van der Waals surface area contributed by atoms with Gasteiger partial charge in [-0.05, 0) is 42.0 Å². The minimum Gasteiger partial charge on any atom is -0.497 e. The maximum absolute atomic E-state index is 11.6. The zero-order valence-corrected chi connectivity index (χ0v) is 16.2. The molecule has 1 saturated heterocycles. The van der Waals surface area contributed by atoms with Gasteiger partial charge in [-0.1, -0.05) is 6.07 Å². The summed E-state index contributed by atoms with van der Waals surface area (Å²) in [6.07, 6.45) is 0. The van der Waals surface area contributed by atoms with Crippen molar-refractivity contribution in [2.45, 2.75) is 6.54 Å². The van der Waals surface area contributed by atoms with Crippen LogP contribution < -0.4 is 20.0 Å². The third kappa shape index (κ3) is 3.82. The van der Waals surface area contributed by atoms with Gasteiger partial charge in [0.05, 0.1) is 25.7 Å². The van der Waals surface area contributed by atoms with E-state index in [1.54, 1.807) is 14.2 Å². The quantitative estimate of drug-likeness (QED) is 0.634. The zero-order valence-electron chi connectivity index (χ0n) is 16.2. The van der Waals surface area contributed by atoms with Gasteiger partial charge < -0.3 is 18.8 Å². The number of hydrogen-bond acceptors (Lipinski definition) is 6. The second kappa shape index (κ2) is 7.94. The second-order valence-electron chi connectivity index (χ2n) is 6.93. The Morgan fingerprint density at radius 3 is 2.36 bits per heavy atom. The standard InChI is InChI=1S/C22H24N2O4/c1-26-18-6-4-17(5-7-18)24-11-9-23(10-12-24)15-16-3-8-20-19(13-16)21(27-2)14-22(25)28-20/h3-8,13-14H,9-12,15H2,1-2H3. The number of fused-ring (bicyclic) bond motifs is 1. The molecule has 0 amide bonds. The zero-order chi connectivity index (χ0) is 19.5. The highest BCUT2D eigenvalue weighted by molar-refractivity contribution is 5.83. The average molecular weight is 380 g/mol. The van der Waals surface area contributed by atoms with Gasteiger partial charge in [-0.25, -0.2) is 4.79 Å². The molecule has 0 bridgehead atoms. The number of piperazine rings is 1. The smallest absolute Gasteiger partial charge is 0.339 e. The summed E-state index contributed by atoms with van der Waals surface area (Å²) in [5.41, 5.74) is 2.56. The molecule has 1 aliphatic rings. The van der Waals surface area contributed by atoms with Crippen LogP contribution in [0, 0.1) is 0 Å². The molecule has 2 heterocycles. The highest BCUT2D eigenvalue weighted by Gasteiger charge is 2.18. The fourth-order valence-corrected chi connectivity index (χ4v) is 3.66. The van der Waals surface area contributed by atoms with Gasteiger partial charge in [0.2, 0.25) is 0 Å². The molecule has 0 N–H and O–H groups in total. The molecular formula is C22H24N2O4. The first-order valence-corrected chi connectivity index (χ1v) is 9.38. The summed E-state index contributed by atoms with van der Waals surface area (Å²) in [7, 11) is 3.25. The van der Waals surface area contributed by atoms with Crippen molar-refractivity contribution in [2.24, 2.45) is 0 Å². The molecule has 0 radical (unpaired) electrons. The van der Waals surface area contributed by atoms with E-state index < -0.39 is 5.63 Å². The first kappa shape index (κ1) is 18.4. The molecule has 1 fully saturated rings. The Labute approximate surface area is 163 Å². The van der Waals surface area contributed by atoms with Gasteiger partial charge in [0.1, 0.15) is 17.1 Å². The van der Waals surface area contributed by atoms with E-state index in [1.165, 1.54) is 17.3 Å². The molecule has 0 unspecified atom stereocenters. The molecule has 146 valence electrons. The largest absolute Gasteiger partial charge is 0.497 e. The number of nitrogens with zero attached hydrogens (tertiary/aromatic N) is 2. The maximum Gasteiger partial charge on any atom is 0.339 e. The highest BCUT2D eigenvalue weighted by atomic mass is 16.5. The van der Waals surface area contributed by atoms with Crippen molar-refractivity contribution in [2.75, 3.05) is 45.3 Å². The van der Waals surface area contributed by atoms with Crippen LogP contribution in [0.3, 0.4) is 0 Å².